The lowest BCUT2D eigenvalue weighted by molar-refractivity contribution is 0.870. The molecule has 0 aromatic heterocycles. The molecule has 0 fully saturated rings. The molecule has 2 aromatic rings. The number of para-hydroxylation sites is 1. The van der Waals surface area contributed by atoms with Gasteiger partial charge in [-0.2, -0.15) is 11.8 Å². The summed E-state index contributed by atoms with van der Waals surface area (Å²) in [6, 6.07) is 17.4. The summed E-state index contributed by atoms with van der Waals surface area (Å²) in [5, 5.41) is 3.64. The SMILES string of the molecule is Brc1ccccc1NC1CSCc2ccccc21. The van der Waals surface area contributed by atoms with Crippen LogP contribution in [0.25, 0.3) is 0 Å². The number of anilines is 1. The Hall–Kier alpha value is -0.930. The van der Waals surface area contributed by atoms with Crippen LogP contribution in [0, 0.1) is 0 Å². The highest BCUT2D eigenvalue weighted by atomic mass is 79.9. The Bertz CT molecular complexity index is 556. The molecule has 92 valence electrons. The van der Waals surface area contributed by atoms with E-state index in [1.54, 1.807) is 0 Å². The molecule has 1 aliphatic rings. The third-order valence-electron chi connectivity index (χ3n) is 3.18. The maximum atomic E-state index is 3.64. The normalized spacial score (nSPS) is 18.2. The van der Waals surface area contributed by atoms with Crippen molar-refractivity contribution in [3.8, 4) is 0 Å². The molecule has 1 heterocycles. The van der Waals surface area contributed by atoms with Crippen LogP contribution in [0.3, 0.4) is 0 Å². The Morgan fingerprint density at radius 1 is 1.06 bits per heavy atom. The van der Waals surface area contributed by atoms with Crippen LogP contribution in [0.4, 0.5) is 5.69 Å². The summed E-state index contributed by atoms with van der Waals surface area (Å²) in [5.41, 5.74) is 4.06. The van der Waals surface area contributed by atoms with Crippen molar-refractivity contribution in [3.63, 3.8) is 0 Å². The monoisotopic (exact) mass is 319 g/mol. The van der Waals surface area contributed by atoms with Gasteiger partial charge in [-0.15, -0.1) is 0 Å². The van der Waals surface area contributed by atoms with Crippen LogP contribution in [-0.2, 0) is 5.75 Å². The molecule has 1 atom stereocenters. The second kappa shape index (κ2) is 5.37. The van der Waals surface area contributed by atoms with E-state index in [0.717, 1.165) is 16.0 Å². The molecule has 1 unspecified atom stereocenters. The number of benzene rings is 2. The number of hydrogen-bond acceptors (Lipinski definition) is 2. The number of hydrogen-bond donors (Lipinski definition) is 1. The average Bonchev–Trinajstić information content (AvgIpc) is 2.42. The fourth-order valence-electron chi connectivity index (χ4n) is 2.27. The van der Waals surface area contributed by atoms with Crippen LogP contribution in [0.5, 0.6) is 0 Å². The van der Waals surface area contributed by atoms with Gasteiger partial charge in [-0.1, -0.05) is 36.4 Å². The van der Waals surface area contributed by atoms with Gasteiger partial charge in [0.05, 0.1) is 6.04 Å². The molecule has 1 nitrogen and oxygen atoms in total. The van der Waals surface area contributed by atoms with Gasteiger partial charge < -0.3 is 5.32 Å². The standard InChI is InChI=1S/C15H14BrNS/c16-13-7-3-4-8-14(13)17-15-10-18-9-11-5-1-2-6-12(11)15/h1-8,15,17H,9-10H2. The van der Waals surface area contributed by atoms with Crippen LogP contribution < -0.4 is 5.32 Å². The van der Waals surface area contributed by atoms with Gasteiger partial charge in [0.25, 0.3) is 0 Å². The van der Waals surface area contributed by atoms with Crippen LogP contribution >= 0.6 is 27.7 Å². The van der Waals surface area contributed by atoms with Crippen molar-refractivity contribution in [1.29, 1.82) is 0 Å². The molecule has 18 heavy (non-hydrogen) atoms. The van der Waals surface area contributed by atoms with Gasteiger partial charge in [0, 0.05) is 21.7 Å². The molecule has 0 spiro atoms. The molecule has 3 rings (SSSR count). The molecule has 0 saturated carbocycles. The number of thioether (sulfide) groups is 1. The van der Waals surface area contributed by atoms with E-state index in [1.165, 1.54) is 16.8 Å². The smallest absolute Gasteiger partial charge is 0.0607 e. The van der Waals surface area contributed by atoms with E-state index in [-0.39, 0.29) is 0 Å². The third kappa shape index (κ3) is 2.43. The van der Waals surface area contributed by atoms with E-state index in [9.17, 15) is 0 Å². The van der Waals surface area contributed by atoms with Crippen LogP contribution in [-0.4, -0.2) is 5.75 Å². The molecule has 1 N–H and O–H groups in total. The summed E-state index contributed by atoms with van der Waals surface area (Å²) in [7, 11) is 0. The maximum absolute atomic E-state index is 3.64. The lowest BCUT2D eigenvalue weighted by Gasteiger charge is -2.27. The molecule has 1 aliphatic heterocycles. The first-order chi connectivity index (χ1) is 8.84. The Kier molecular flexibility index (Phi) is 3.62. The summed E-state index contributed by atoms with van der Waals surface area (Å²) < 4.78 is 1.12. The van der Waals surface area contributed by atoms with E-state index in [0.29, 0.717) is 6.04 Å². The molecule has 0 saturated heterocycles. The zero-order valence-electron chi connectivity index (χ0n) is 9.90. The van der Waals surface area contributed by atoms with Crippen LogP contribution in [0.1, 0.15) is 17.2 Å². The first-order valence-corrected chi connectivity index (χ1v) is 7.96. The first kappa shape index (κ1) is 12.1. The van der Waals surface area contributed by atoms with Crippen molar-refractivity contribution in [2.75, 3.05) is 11.1 Å². The molecular formula is C15H14BrNS. The molecule has 2 aromatic carbocycles. The molecule has 0 bridgehead atoms. The molecule has 0 amide bonds. The minimum absolute atomic E-state index is 0.402. The summed E-state index contributed by atoms with van der Waals surface area (Å²) in [4.78, 5) is 0. The van der Waals surface area contributed by atoms with Gasteiger partial charge in [-0.3, -0.25) is 0 Å². The minimum Gasteiger partial charge on any atom is -0.376 e. The summed E-state index contributed by atoms with van der Waals surface area (Å²) in [5.74, 6) is 2.25. The Morgan fingerprint density at radius 3 is 2.72 bits per heavy atom. The average molecular weight is 320 g/mol. The molecule has 0 radical (unpaired) electrons. The van der Waals surface area contributed by atoms with E-state index < -0.39 is 0 Å². The molecule has 3 heteroatoms. The van der Waals surface area contributed by atoms with E-state index >= 15 is 0 Å². The predicted molar refractivity (Wildman–Crippen MR) is 83.1 cm³/mol. The number of nitrogens with one attached hydrogen (secondary N) is 1. The largest absolute Gasteiger partial charge is 0.376 e. The van der Waals surface area contributed by atoms with Crippen molar-refractivity contribution in [3.05, 3.63) is 64.1 Å². The zero-order valence-corrected chi connectivity index (χ0v) is 12.3. The fourth-order valence-corrected chi connectivity index (χ4v) is 3.77. The minimum atomic E-state index is 0.402. The van der Waals surface area contributed by atoms with E-state index in [1.807, 2.05) is 17.8 Å². The van der Waals surface area contributed by atoms with Crippen molar-refractivity contribution >= 4 is 33.4 Å². The second-order valence-corrected chi connectivity index (χ2v) is 6.28. The van der Waals surface area contributed by atoms with E-state index in [4.69, 9.17) is 0 Å². The number of fused-ring (bicyclic) bond motifs is 1. The Morgan fingerprint density at radius 2 is 1.83 bits per heavy atom. The summed E-state index contributed by atoms with van der Waals surface area (Å²) in [6.07, 6.45) is 0. The summed E-state index contributed by atoms with van der Waals surface area (Å²) in [6.45, 7) is 0. The van der Waals surface area contributed by atoms with Crippen molar-refractivity contribution in [1.82, 2.24) is 0 Å². The first-order valence-electron chi connectivity index (χ1n) is 6.01. The van der Waals surface area contributed by atoms with Gasteiger partial charge in [-0.25, -0.2) is 0 Å². The Balaban J connectivity index is 1.89. The topological polar surface area (TPSA) is 12.0 Å². The lowest BCUT2D eigenvalue weighted by Crippen LogP contribution is -2.18. The third-order valence-corrected chi connectivity index (χ3v) is 4.95. The van der Waals surface area contributed by atoms with Gasteiger partial charge in [0.15, 0.2) is 0 Å². The summed E-state index contributed by atoms with van der Waals surface area (Å²) >= 11 is 5.59. The predicted octanol–water partition coefficient (Wildman–Crippen LogP) is 4.85. The highest BCUT2D eigenvalue weighted by Crippen LogP contribution is 2.35. The lowest BCUT2D eigenvalue weighted by atomic mass is 10.0. The van der Waals surface area contributed by atoms with Gasteiger partial charge >= 0.3 is 0 Å². The highest BCUT2D eigenvalue weighted by Gasteiger charge is 2.20. The Labute approximate surface area is 120 Å². The van der Waals surface area contributed by atoms with Crippen molar-refractivity contribution < 1.29 is 0 Å². The molecular weight excluding hydrogens is 306 g/mol. The molecule has 0 aliphatic carbocycles. The van der Waals surface area contributed by atoms with Crippen LogP contribution in [0.2, 0.25) is 0 Å². The van der Waals surface area contributed by atoms with Gasteiger partial charge in [0.2, 0.25) is 0 Å². The quantitative estimate of drug-likeness (QED) is 0.849. The van der Waals surface area contributed by atoms with E-state index in [2.05, 4.69) is 63.7 Å². The fraction of sp³-hybridized carbons (Fsp3) is 0.200. The highest BCUT2D eigenvalue weighted by molar-refractivity contribution is 9.10. The van der Waals surface area contributed by atoms with Gasteiger partial charge in [0.1, 0.15) is 0 Å². The number of rotatable bonds is 2. The zero-order chi connectivity index (χ0) is 12.4. The maximum Gasteiger partial charge on any atom is 0.0607 e. The van der Waals surface area contributed by atoms with Crippen LogP contribution in [0.15, 0.2) is 53.0 Å². The van der Waals surface area contributed by atoms with Crippen molar-refractivity contribution in [2.45, 2.75) is 11.8 Å². The number of halogens is 1. The second-order valence-electron chi connectivity index (χ2n) is 4.39. The van der Waals surface area contributed by atoms with Crippen molar-refractivity contribution in [2.24, 2.45) is 0 Å². The van der Waals surface area contributed by atoms with Gasteiger partial charge in [-0.05, 0) is 39.2 Å².